The van der Waals surface area contributed by atoms with E-state index in [0.717, 1.165) is 39.2 Å². The number of benzene rings is 4. The Kier molecular flexibility index (Phi) is 10.7. The third-order valence-electron chi connectivity index (χ3n) is 9.51. The van der Waals surface area contributed by atoms with Crippen molar-refractivity contribution in [2.24, 2.45) is 0 Å². The molecule has 0 spiro atoms. The topological polar surface area (TPSA) is 46.0 Å². The maximum atomic E-state index is 10.9. The standard InChI is InChI=1S/C47H49N2O.Pt/c1-30-22-36(45(2,3)4)18-19-39(30)31-20-21-48-41(26-31)32-14-13-15-33(23-32)42-27-35(28-43(49-42)40-16-11-12-17-44(40)50)34-24-37(46(5,6)7)29-38(25-34)47(8,9)10;/h11-22,24-29,50H,1-10H3;/q-1;. The Labute approximate surface area is 319 Å². The predicted octanol–water partition coefficient (Wildman–Crippen LogP) is 12.5. The van der Waals surface area contributed by atoms with Gasteiger partial charge in [0, 0.05) is 44.2 Å². The molecule has 0 fully saturated rings. The molecule has 0 bridgehead atoms. The van der Waals surface area contributed by atoms with Crippen LogP contribution in [0.5, 0.6) is 5.75 Å². The SMILES string of the molecule is Cc1cc(C(C)(C)C)ccc1-c1ccnc(-c2[c-]c(-c3cc(-c4cc(C(C)(C)C)cc(C(C)(C)C)c4)cc(-c4ccccc4O)n3)ccc2)c1.[Pt]. The first-order chi connectivity index (χ1) is 23.5. The number of para-hydroxylation sites is 1. The van der Waals surface area contributed by atoms with Gasteiger partial charge in [-0.05, 0) is 91.9 Å². The van der Waals surface area contributed by atoms with Gasteiger partial charge in [0.05, 0.1) is 5.69 Å². The van der Waals surface area contributed by atoms with E-state index < -0.39 is 0 Å². The maximum absolute atomic E-state index is 10.9. The Morgan fingerprint density at radius 2 is 1.08 bits per heavy atom. The summed E-state index contributed by atoms with van der Waals surface area (Å²) in [5.41, 5.74) is 14.5. The molecule has 4 aromatic carbocycles. The molecule has 0 unspecified atom stereocenters. The molecular weight excluding hydrogens is 804 g/mol. The van der Waals surface area contributed by atoms with Crippen LogP contribution in [0.4, 0.5) is 0 Å². The van der Waals surface area contributed by atoms with E-state index in [4.69, 9.17) is 9.97 Å². The molecule has 6 rings (SSSR count). The van der Waals surface area contributed by atoms with Gasteiger partial charge in [0.25, 0.3) is 0 Å². The number of phenols is 1. The van der Waals surface area contributed by atoms with E-state index in [1.807, 2.05) is 30.5 Å². The average Bonchev–Trinajstić information content (AvgIpc) is 3.07. The zero-order valence-electron chi connectivity index (χ0n) is 31.6. The number of pyridine rings is 2. The fraction of sp³-hybridized carbons (Fsp3) is 0.277. The normalized spacial score (nSPS) is 12.0. The summed E-state index contributed by atoms with van der Waals surface area (Å²) in [6, 6.07) is 39.4. The van der Waals surface area contributed by atoms with Crippen molar-refractivity contribution in [1.29, 1.82) is 0 Å². The molecule has 0 saturated carbocycles. The molecule has 264 valence electrons. The van der Waals surface area contributed by atoms with Crippen LogP contribution in [0.25, 0.3) is 56.0 Å². The minimum atomic E-state index is -0.0246. The quantitative estimate of drug-likeness (QED) is 0.176. The van der Waals surface area contributed by atoms with E-state index in [2.05, 4.69) is 148 Å². The monoisotopic (exact) mass is 852 g/mol. The summed E-state index contributed by atoms with van der Waals surface area (Å²) in [5, 5.41) is 10.9. The second-order valence-corrected chi connectivity index (χ2v) is 16.6. The number of phenolic OH excluding ortho intramolecular Hbond substituents is 1. The zero-order chi connectivity index (χ0) is 36.0. The van der Waals surface area contributed by atoms with Crippen LogP contribution in [0.2, 0.25) is 0 Å². The first-order valence-corrected chi connectivity index (χ1v) is 17.5. The van der Waals surface area contributed by atoms with Gasteiger partial charge in [-0.25, -0.2) is 0 Å². The first-order valence-electron chi connectivity index (χ1n) is 17.5. The average molecular weight is 853 g/mol. The second kappa shape index (κ2) is 14.4. The Balaban J connectivity index is 0.00000504. The molecule has 0 aliphatic rings. The van der Waals surface area contributed by atoms with Crippen molar-refractivity contribution in [3.8, 4) is 61.8 Å². The van der Waals surface area contributed by atoms with E-state index in [0.29, 0.717) is 11.3 Å². The second-order valence-electron chi connectivity index (χ2n) is 16.6. The maximum Gasteiger partial charge on any atom is 0.124 e. The van der Waals surface area contributed by atoms with Crippen LogP contribution in [0.1, 0.15) is 84.6 Å². The molecule has 4 heteroatoms. The van der Waals surface area contributed by atoms with Crippen molar-refractivity contribution < 1.29 is 26.2 Å². The van der Waals surface area contributed by atoms with E-state index in [1.54, 1.807) is 6.07 Å². The molecular formula is C47H49N2OPt-. The van der Waals surface area contributed by atoms with E-state index in [1.165, 1.54) is 27.8 Å². The molecule has 1 N–H and O–H groups in total. The number of aromatic hydroxyl groups is 1. The number of aromatic nitrogens is 2. The van der Waals surface area contributed by atoms with Gasteiger partial charge in [-0.3, -0.25) is 9.97 Å². The van der Waals surface area contributed by atoms with E-state index in [-0.39, 0.29) is 43.1 Å². The summed E-state index contributed by atoms with van der Waals surface area (Å²) in [4.78, 5) is 9.91. The first kappa shape index (κ1) is 37.9. The summed E-state index contributed by atoms with van der Waals surface area (Å²) >= 11 is 0. The summed E-state index contributed by atoms with van der Waals surface area (Å²) in [5.74, 6) is 0.200. The van der Waals surface area contributed by atoms with Gasteiger partial charge >= 0.3 is 0 Å². The predicted molar refractivity (Wildman–Crippen MR) is 211 cm³/mol. The number of rotatable bonds is 5. The molecule has 0 amide bonds. The van der Waals surface area contributed by atoms with Gasteiger partial charge in [0.1, 0.15) is 5.75 Å². The van der Waals surface area contributed by atoms with E-state index in [9.17, 15) is 5.11 Å². The summed E-state index contributed by atoms with van der Waals surface area (Å²) in [6.07, 6.45) is 1.88. The van der Waals surface area contributed by atoms with Crippen molar-refractivity contribution >= 4 is 0 Å². The Bertz CT molecular complexity index is 2160. The van der Waals surface area contributed by atoms with Gasteiger partial charge in [0.2, 0.25) is 0 Å². The van der Waals surface area contributed by atoms with Gasteiger partial charge in [-0.1, -0.05) is 134 Å². The van der Waals surface area contributed by atoms with Gasteiger partial charge in [0.15, 0.2) is 0 Å². The number of nitrogens with zero attached hydrogens (tertiary/aromatic N) is 2. The fourth-order valence-corrected chi connectivity index (χ4v) is 6.29. The van der Waals surface area contributed by atoms with Crippen LogP contribution in [0.3, 0.4) is 0 Å². The van der Waals surface area contributed by atoms with Crippen molar-refractivity contribution in [3.63, 3.8) is 0 Å². The molecule has 0 radical (unpaired) electrons. The third kappa shape index (κ3) is 8.43. The van der Waals surface area contributed by atoms with Gasteiger partial charge in [-0.15, -0.1) is 24.3 Å². The van der Waals surface area contributed by atoms with Crippen molar-refractivity contribution in [2.75, 3.05) is 0 Å². The van der Waals surface area contributed by atoms with Crippen LogP contribution in [0.15, 0.2) is 109 Å². The molecule has 51 heavy (non-hydrogen) atoms. The van der Waals surface area contributed by atoms with Crippen LogP contribution < -0.4 is 0 Å². The largest absolute Gasteiger partial charge is 0.507 e. The third-order valence-corrected chi connectivity index (χ3v) is 9.51. The zero-order valence-corrected chi connectivity index (χ0v) is 33.8. The Hall–Kier alpha value is -4.33. The van der Waals surface area contributed by atoms with Crippen molar-refractivity contribution in [2.45, 2.75) is 85.5 Å². The molecule has 2 heterocycles. The minimum absolute atomic E-state index is 0. The van der Waals surface area contributed by atoms with E-state index >= 15 is 0 Å². The minimum Gasteiger partial charge on any atom is -0.507 e. The number of hydrogen-bond donors (Lipinski definition) is 1. The number of hydrogen-bond acceptors (Lipinski definition) is 3. The fourth-order valence-electron chi connectivity index (χ4n) is 6.29. The molecule has 0 aliphatic heterocycles. The van der Waals surface area contributed by atoms with Crippen molar-refractivity contribution in [3.05, 3.63) is 138 Å². The summed E-state index contributed by atoms with van der Waals surface area (Å²) in [7, 11) is 0. The summed E-state index contributed by atoms with van der Waals surface area (Å²) < 4.78 is 0. The van der Waals surface area contributed by atoms with Crippen LogP contribution in [-0.4, -0.2) is 15.1 Å². The molecule has 0 atom stereocenters. The molecule has 2 aromatic heterocycles. The Morgan fingerprint density at radius 3 is 1.69 bits per heavy atom. The number of aryl methyl sites for hydroxylation is 1. The van der Waals surface area contributed by atoms with Crippen LogP contribution >= 0.6 is 0 Å². The summed E-state index contributed by atoms with van der Waals surface area (Å²) in [6.45, 7) is 22.5. The van der Waals surface area contributed by atoms with Crippen LogP contribution in [-0.2, 0) is 37.3 Å². The van der Waals surface area contributed by atoms with Crippen molar-refractivity contribution in [1.82, 2.24) is 9.97 Å². The molecule has 6 aromatic rings. The molecule has 0 saturated heterocycles. The van der Waals surface area contributed by atoms with Gasteiger partial charge < -0.3 is 5.11 Å². The smallest absolute Gasteiger partial charge is 0.124 e. The Morgan fingerprint density at radius 1 is 0.510 bits per heavy atom. The van der Waals surface area contributed by atoms with Gasteiger partial charge in [-0.2, -0.15) is 0 Å². The molecule has 0 aliphatic carbocycles. The molecule has 3 nitrogen and oxygen atoms in total. The van der Waals surface area contributed by atoms with Crippen LogP contribution in [0, 0.1) is 13.0 Å².